The third-order valence-electron chi connectivity index (χ3n) is 2.86. The second-order valence-electron chi connectivity index (χ2n) is 3.76. The van der Waals surface area contributed by atoms with E-state index in [1.54, 1.807) is 6.20 Å². The van der Waals surface area contributed by atoms with Crippen LogP contribution in [0.3, 0.4) is 0 Å². The Kier molecular flexibility index (Phi) is 4.78. The van der Waals surface area contributed by atoms with E-state index in [1.807, 2.05) is 10.7 Å². The molecule has 1 aromatic heterocycles. The van der Waals surface area contributed by atoms with Crippen molar-refractivity contribution in [1.29, 1.82) is 0 Å². The molecule has 1 aromatic rings. The van der Waals surface area contributed by atoms with Gasteiger partial charge in [0.25, 0.3) is 0 Å². The number of aromatic nitrogens is 2. The molecule has 1 heterocycles. The lowest BCUT2D eigenvalue weighted by Gasteiger charge is -2.22. The van der Waals surface area contributed by atoms with Crippen LogP contribution in [0.2, 0.25) is 0 Å². The lowest BCUT2D eigenvalue weighted by molar-refractivity contribution is 0.262. The van der Waals surface area contributed by atoms with E-state index in [9.17, 15) is 0 Å². The predicted octanol–water partition coefficient (Wildman–Crippen LogP) is 1.11. The van der Waals surface area contributed by atoms with Gasteiger partial charge in [0, 0.05) is 37.0 Å². The maximum Gasteiger partial charge on any atom is 0.0492 e. The van der Waals surface area contributed by atoms with Crippen molar-refractivity contribution < 1.29 is 5.11 Å². The van der Waals surface area contributed by atoms with Crippen LogP contribution in [0, 0.1) is 0 Å². The maximum atomic E-state index is 9.06. The van der Waals surface area contributed by atoms with Gasteiger partial charge < -0.3 is 10.8 Å². The summed E-state index contributed by atoms with van der Waals surface area (Å²) in [6.07, 6.45) is 3.42. The first-order valence-electron chi connectivity index (χ1n) is 5.62. The second-order valence-corrected chi connectivity index (χ2v) is 3.76. The number of aliphatic hydroxyl groups excluding tert-OH is 1. The molecule has 15 heavy (non-hydrogen) atoms. The smallest absolute Gasteiger partial charge is 0.0492 e. The highest BCUT2D eigenvalue weighted by Gasteiger charge is 2.21. The Balaban J connectivity index is 2.87. The minimum absolute atomic E-state index is 0.0964. The molecule has 0 spiro atoms. The van der Waals surface area contributed by atoms with Gasteiger partial charge in [0.1, 0.15) is 0 Å². The van der Waals surface area contributed by atoms with Gasteiger partial charge >= 0.3 is 0 Å². The standard InChI is InChI=1S/C11H21N3O/c1-3-10(12)9(6-8-15)11-5-7-13-14(11)4-2/h5,7,9-10,15H,3-4,6,8,12H2,1-2H3. The van der Waals surface area contributed by atoms with Crippen LogP contribution in [-0.4, -0.2) is 27.5 Å². The van der Waals surface area contributed by atoms with Crippen LogP contribution in [0.15, 0.2) is 12.3 Å². The summed E-state index contributed by atoms with van der Waals surface area (Å²) < 4.78 is 1.95. The van der Waals surface area contributed by atoms with Crippen molar-refractivity contribution in [2.24, 2.45) is 5.73 Å². The van der Waals surface area contributed by atoms with Crippen molar-refractivity contribution in [3.05, 3.63) is 18.0 Å². The maximum absolute atomic E-state index is 9.06. The molecule has 3 N–H and O–H groups in total. The molecule has 0 aliphatic carbocycles. The topological polar surface area (TPSA) is 64.1 Å². The molecule has 0 bridgehead atoms. The van der Waals surface area contributed by atoms with E-state index in [4.69, 9.17) is 10.8 Å². The monoisotopic (exact) mass is 211 g/mol. The van der Waals surface area contributed by atoms with E-state index in [1.165, 1.54) is 0 Å². The average Bonchev–Trinajstić information content (AvgIpc) is 2.72. The van der Waals surface area contributed by atoms with Crippen molar-refractivity contribution >= 4 is 0 Å². The SMILES string of the molecule is CCC(N)C(CCO)c1ccnn1CC. The summed E-state index contributed by atoms with van der Waals surface area (Å²) in [5, 5.41) is 13.3. The van der Waals surface area contributed by atoms with E-state index in [2.05, 4.69) is 18.9 Å². The lowest BCUT2D eigenvalue weighted by Crippen LogP contribution is -2.30. The van der Waals surface area contributed by atoms with E-state index < -0.39 is 0 Å². The van der Waals surface area contributed by atoms with Gasteiger partial charge in [-0.2, -0.15) is 5.10 Å². The van der Waals surface area contributed by atoms with Gasteiger partial charge in [-0.15, -0.1) is 0 Å². The third kappa shape index (κ3) is 2.79. The Bertz CT molecular complexity index is 285. The highest BCUT2D eigenvalue weighted by atomic mass is 16.3. The Morgan fingerprint density at radius 3 is 2.80 bits per heavy atom. The summed E-state index contributed by atoms with van der Waals surface area (Å²) in [5.74, 6) is 0.211. The first kappa shape index (κ1) is 12.2. The van der Waals surface area contributed by atoms with Gasteiger partial charge in [-0.25, -0.2) is 0 Å². The van der Waals surface area contributed by atoms with Gasteiger partial charge in [0.15, 0.2) is 0 Å². The molecule has 0 saturated carbocycles. The number of aryl methyl sites for hydroxylation is 1. The van der Waals surface area contributed by atoms with Gasteiger partial charge in [-0.1, -0.05) is 6.92 Å². The molecule has 4 nitrogen and oxygen atoms in total. The molecule has 2 unspecified atom stereocenters. The molecule has 1 rings (SSSR count). The Morgan fingerprint density at radius 1 is 1.53 bits per heavy atom. The molecule has 86 valence electrons. The highest BCUT2D eigenvalue weighted by molar-refractivity contribution is 5.10. The van der Waals surface area contributed by atoms with E-state index in [-0.39, 0.29) is 18.6 Å². The van der Waals surface area contributed by atoms with Crippen LogP contribution in [0.5, 0.6) is 0 Å². The summed E-state index contributed by atoms with van der Waals surface area (Å²) in [5.41, 5.74) is 7.21. The summed E-state index contributed by atoms with van der Waals surface area (Å²) in [6.45, 7) is 5.15. The van der Waals surface area contributed by atoms with E-state index in [0.29, 0.717) is 6.42 Å². The van der Waals surface area contributed by atoms with Crippen LogP contribution < -0.4 is 5.73 Å². The van der Waals surface area contributed by atoms with Gasteiger partial charge in [-0.05, 0) is 25.8 Å². The number of hydrogen-bond acceptors (Lipinski definition) is 3. The summed E-state index contributed by atoms with van der Waals surface area (Å²) in [4.78, 5) is 0. The van der Waals surface area contributed by atoms with E-state index >= 15 is 0 Å². The zero-order valence-electron chi connectivity index (χ0n) is 9.56. The minimum atomic E-state index is 0.0964. The molecular weight excluding hydrogens is 190 g/mol. The van der Waals surface area contributed by atoms with Crippen molar-refractivity contribution in [2.45, 2.75) is 45.2 Å². The van der Waals surface area contributed by atoms with Crippen molar-refractivity contribution in [2.75, 3.05) is 6.61 Å². The van der Waals surface area contributed by atoms with Crippen LogP contribution in [0.25, 0.3) is 0 Å². The van der Waals surface area contributed by atoms with Gasteiger partial charge in [0.2, 0.25) is 0 Å². The second kappa shape index (κ2) is 5.88. The molecule has 0 saturated heterocycles. The molecule has 0 radical (unpaired) electrons. The summed E-state index contributed by atoms with van der Waals surface area (Å²) in [7, 11) is 0. The van der Waals surface area contributed by atoms with Crippen molar-refractivity contribution in [3.63, 3.8) is 0 Å². The van der Waals surface area contributed by atoms with Crippen LogP contribution >= 0.6 is 0 Å². The Morgan fingerprint density at radius 2 is 2.27 bits per heavy atom. The molecule has 0 aliphatic rings. The molecule has 0 aliphatic heterocycles. The normalized spacial score (nSPS) is 15.2. The Hall–Kier alpha value is -0.870. The first-order chi connectivity index (χ1) is 7.24. The molecule has 0 amide bonds. The Labute approximate surface area is 91.1 Å². The number of hydrogen-bond donors (Lipinski definition) is 2. The van der Waals surface area contributed by atoms with Crippen LogP contribution in [0.4, 0.5) is 0 Å². The molecule has 2 atom stereocenters. The highest BCUT2D eigenvalue weighted by Crippen LogP contribution is 2.23. The summed E-state index contributed by atoms with van der Waals surface area (Å²) in [6, 6.07) is 2.10. The van der Waals surface area contributed by atoms with Gasteiger partial charge in [-0.3, -0.25) is 4.68 Å². The fraction of sp³-hybridized carbons (Fsp3) is 0.727. The van der Waals surface area contributed by atoms with Crippen molar-refractivity contribution in [3.8, 4) is 0 Å². The van der Waals surface area contributed by atoms with Crippen molar-refractivity contribution in [1.82, 2.24) is 9.78 Å². The molecule has 4 heteroatoms. The number of rotatable bonds is 6. The summed E-state index contributed by atoms with van der Waals surface area (Å²) >= 11 is 0. The average molecular weight is 211 g/mol. The van der Waals surface area contributed by atoms with Crippen LogP contribution in [0.1, 0.15) is 38.3 Å². The quantitative estimate of drug-likeness (QED) is 0.740. The third-order valence-corrected chi connectivity index (χ3v) is 2.86. The fourth-order valence-electron chi connectivity index (χ4n) is 1.93. The molecular formula is C11H21N3O. The fourth-order valence-corrected chi connectivity index (χ4v) is 1.93. The zero-order chi connectivity index (χ0) is 11.3. The zero-order valence-corrected chi connectivity index (χ0v) is 9.56. The lowest BCUT2D eigenvalue weighted by atomic mass is 9.92. The molecule has 0 aromatic carbocycles. The number of nitrogens with zero attached hydrogens (tertiary/aromatic N) is 2. The largest absolute Gasteiger partial charge is 0.396 e. The van der Waals surface area contributed by atoms with Gasteiger partial charge in [0.05, 0.1) is 0 Å². The molecule has 0 fully saturated rings. The van der Waals surface area contributed by atoms with E-state index in [0.717, 1.165) is 18.7 Å². The number of aliphatic hydroxyl groups is 1. The predicted molar refractivity (Wildman–Crippen MR) is 60.6 cm³/mol. The minimum Gasteiger partial charge on any atom is -0.396 e. The van der Waals surface area contributed by atoms with Crippen LogP contribution in [-0.2, 0) is 6.54 Å². The number of nitrogens with two attached hydrogens (primary N) is 1. The first-order valence-corrected chi connectivity index (χ1v) is 5.62.